The number of carboxylic acids is 1. The number of alkyl carbamates (subject to hydrolysis) is 1. The summed E-state index contributed by atoms with van der Waals surface area (Å²) in [4.78, 5) is 67.9. The van der Waals surface area contributed by atoms with Gasteiger partial charge in [-0.2, -0.15) is 0 Å². The minimum atomic E-state index is -1.40. The van der Waals surface area contributed by atoms with Crippen LogP contribution in [-0.4, -0.2) is 80.9 Å². The van der Waals surface area contributed by atoms with Crippen molar-refractivity contribution in [2.75, 3.05) is 0 Å². The van der Waals surface area contributed by atoms with Gasteiger partial charge in [0.25, 0.3) is 0 Å². The van der Waals surface area contributed by atoms with Gasteiger partial charge in [-0.1, -0.05) is 72.6 Å². The number of aliphatic carboxylic acids is 1. The molecule has 2 rings (SSSR count). The molecule has 7 atom stereocenters. The Bertz CT molecular complexity index is 1400. The van der Waals surface area contributed by atoms with Crippen LogP contribution in [0.15, 0.2) is 30.5 Å². The predicted molar refractivity (Wildman–Crippen MR) is 183 cm³/mol. The molecule has 0 fully saturated rings. The number of fused-ring (bicyclic) bond motifs is 1. The summed E-state index contributed by atoms with van der Waals surface area (Å²) in [7, 11) is 0. The quantitative estimate of drug-likeness (QED) is 0.132. The van der Waals surface area contributed by atoms with Gasteiger partial charge in [-0.15, -0.1) is 0 Å². The zero-order chi connectivity index (χ0) is 36.3. The van der Waals surface area contributed by atoms with E-state index >= 15 is 0 Å². The molecule has 48 heavy (non-hydrogen) atoms. The molecule has 1 heterocycles. The number of rotatable bonds is 17. The molecule has 0 spiro atoms. The summed E-state index contributed by atoms with van der Waals surface area (Å²) in [6, 6.07) is 3.36. The first-order valence-corrected chi connectivity index (χ1v) is 16.7. The van der Waals surface area contributed by atoms with Gasteiger partial charge in [-0.25, -0.2) is 9.59 Å². The molecule has 268 valence electrons. The third-order valence-electron chi connectivity index (χ3n) is 8.51. The number of ether oxygens (including phenoxy) is 1. The average molecular weight is 674 g/mol. The maximum Gasteiger partial charge on any atom is 0.408 e. The van der Waals surface area contributed by atoms with E-state index < -0.39 is 78.0 Å². The molecule has 13 nitrogen and oxygen atoms in total. The van der Waals surface area contributed by atoms with E-state index in [9.17, 15) is 34.2 Å². The van der Waals surface area contributed by atoms with Crippen molar-refractivity contribution in [1.82, 2.24) is 26.3 Å². The second-order valence-corrected chi connectivity index (χ2v) is 14.0. The van der Waals surface area contributed by atoms with Crippen LogP contribution in [0.3, 0.4) is 0 Å². The van der Waals surface area contributed by atoms with Crippen molar-refractivity contribution in [3.63, 3.8) is 0 Å². The molecule has 2 aromatic rings. The minimum absolute atomic E-state index is 0.133. The van der Waals surface area contributed by atoms with Crippen molar-refractivity contribution in [3.8, 4) is 0 Å². The van der Waals surface area contributed by atoms with Gasteiger partial charge in [0.05, 0.1) is 18.6 Å². The lowest BCUT2D eigenvalue weighted by Gasteiger charge is -2.31. The number of aromatic nitrogens is 1. The zero-order valence-electron chi connectivity index (χ0n) is 29.7. The molecule has 0 radical (unpaired) electrons. The standard InChI is InChI=1S/C35H55N5O8/c1-10-20(5)29(39-32(44)30(21(6)11-2)40-34(47)48-35(7,8)9)31(43)37-25(16-22-18-36-24-15-13-12-14-23(22)24)26(41)17-27(42)38-28(19(3)4)33(45)46/h12-15,18-21,25-26,28-30,36,41H,10-11,16-17H2,1-9H3,(H,37,43)(H,38,42)(H,39,44)(H,40,47)(H,45,46)/t20-,21-,25-,26+,28-,29-,30-/m0/s1. The number of H-pyrrole nitrogens is 1. The molecule has 0 saturated heterocycles. The molecule has 1 aromatic carbocycles. The zero-order valence-corrected chi connectivity index (χ0v) is 29.7. The Labute approximate surface area is 283 Å². The van der Waals surface area contributed by atoms with Gasteiger partial charge in [-0.05, 0) is 56.6 Å². The molecule has 0 bridgehead atoms. The fourth-order valence-corrected chi connectivity index (χ4v) is 5.25. The van der Waals surface area contributed by atoms with Crippen LogP contribution in [0.25, 0.3) is 10.9 Å². The lowest BCUT2D eigenvalue weighted by molar-refractivity contribution is -0.143. The number of carboxylic acid groups (broad SMARTS) is 1. The summed E-state index contributed by atoms with van der Waals surface area (Å²) >= 11 is 0. The number of hydrogen-bond donors (Lipinski definition) is 7. The van der Waals surface area contributed by atoms with Gasteiger partial charge in [-0.3, -0.25) is 14.4 Å². The first kappa shape index (κ1) is 40.0. The monoisotopic (exact) mass is 673 g/mol. The molecule has 1 aromatic heterocycles. The summed E-state index contributed by atoms with van der Waals surface area (Å²) in [5.41, 5.74) is 0.855. The summed E-state index contributed by atoms with van der Waals surface area (Å²) in [6.45, 7) is 15.8. The minimum Gasteiger partial charge on any atom is -0.480 e. The number of carbonyl (C=O) groups excluding carboxylic acids is 4. The van der Waals surface area contributed by atoms with Crippen LogP contribution >= 0.6 is 0 Å². The first-order chi connectivity index (χ1) is 22.4. The van der Waals surface area contributed by atoms with Gasteiger partial charge in [0.2, 0.25) is 17.7 Å². The molecule has 7 N–H and O–H groups in total. The molecular formula is C35H55N5O8. The third-order valence-corrected chi connectivity index (χ3v) is 8.51. The molecule has 0 aliphatic carbocycles. The van der Waals surface area contributed by atoms with Crippen molar-refractivity contribution < 1.29 is 38.9 Å². The topological polar surface area (TPSA) is 199 Å². The number of nitrogens with one attached hydrogen (secondary N) is 5. The SMILES string of the molecule is CC[C@H](C)[C@H](NC(=O)OC(C)(C)C)C(=O)N[C@H](C(=O)N[C@@H](Cc1c[nH]c2ccccc12)[C@H](O)CC(=O)N[C@H](C(=O)O)C(C)C)[C@@H](C)CC. The molecular weight excluding hydrogens is 618 g/mol. The Morgan fingerprint density at radius 1 is 0.833 bits per heavy atom. The highest BCUT2D eigenvalue weighted by Crippen LogP contribution is 2.21. The van der Waals surface area contributed by atoms with E-state index in [0.29, 0.717) is 12.8 Å². The van der Waals surface area contributed by atoms with Crippen LogP contribution in [-0.2, 0) is 30.3 Å². The average Bonchev–Trinajstić information content (AvgIpc) is 3.41. The number of carbonyl (C=O) groups is 5. The highest BCUT2D eigenvalue weighted by atomic mass is 16.6. The number of aliphatic hydroxyl groups excluding tert-OH is 1. The number of aliphatic hydroxyl groups is 1. The molecule has 13 heteroatoms. The number of aromatic amines is 1. The predicted octanol–water partition coefficient (Wildman–Crippen LogP) is 3.64. The van der Waals surface area contributed by atoms with Crippen molar-refractivity contribution in [2.45, 2.75) is 124 Å². The van der Waals surface area contributed by atoms with Crippen LogP contribution in [0.5, 0.6) is 0 Å². The third kappa shape index (κ3) is 11.8. The normalized spacial score (nSPS) is 16.1. The van der Waals surface area contributed by atoms with E-state index in [4.69, 9.17) is 4.74 Å². The second-order valence-electron chi connectivity index (χ2n) is 14.0. The smallest absolute Gasteiger partial charge is 0.408 e. The second kappa shape index (κ2) is 17.9. The van der Waals surface area contributed by atoms with E-state index in [0.717, 1.165) is 16.5 Å². The molecule has 0 aliphatic rings. The Hall–Kier alpha value is -4.13. The lowest BCUT2D eigenvalue weighted by atomic mass is 9.93. The van der Waals surface area contributed by atoms with Gasteiger partial charge in [0.15, 0.2) is 0 Å². The number of hydrogen-bond acceptors (Lipinski definition) is 7. The van der Waals surface area contributed by atoms with Gasteiger partial charge < -0.3 is 41.2 Å². The highest BCUT2D eigenvalue weighted by Gasteiger charge is 2.35. The lowest BCUT2D eigenvalue weighted by Crippen LogP contribution is -2.59. The molecule has 4 amide bonds. The van der Waals surface area contributed by atoms with E-state index in [-0.39, 0.29) is 18.3 Å². The van der Waals surface area contributed by atoms with Gasteiger partial charge in [0.1, 0.15) is 23.7 Å². The Morgan fingerprint density at radius 3 is 1.94 bits per heavy atom. The number of amides is 4. The van der Waals surface area contributed by atoms with Crippen LogP contribution in [0, 0.1) is 17.8 Å². The van der Waals surface area contributed by atoms with E-state index in [1.807, 2.05) is 45.0 Å². The van der Waals surface area contributed by atoms with Crippen molar-refractivity contribution in [3.05, 3.63) is 36.0 Å². The van der Waals surface area contributed by atoms with Crippen LogP contribution < -0.4 is 21.3 Å². The van der Waals surface area contributed by atoms with E-state index in [1.165, 1.54) is 0 Å². The Kier molecular flexibility index (Phi) is 14.9. The van der Waals surface area contributed by atoms with Crippen LogP contribution in [0.4, 0.5) is 4.79 Å². The van der Waals surface area contributed by atoms with Gasteiger partial charge >= 0.3 is 12.1 Å². The summed E-state index contributed by atoms with van der Waals surface area (Å²) in [6.07, 6.45) is 0.357. The molecule has 0 saturated carbocycles. The summed E-state index contributed by atoms with van der Waals surface area (Å²) in [5.74, 6) is -4.03. The van der Waals surface area contributed by atoms with Crippen LogP contribution in [0.1, 0.15) is 87.1 Å². The summed E-state index contributed by atoms with van der Waals surface area (Å²) < 4.78 is 5.37. The van der Waals surface area contributed by atoms with Crippen LogP contribution in [0.2, 0.25) is 0 Å². The fraction of sp³-hybridized carbons (Fsp3) is 0.629. The van der Waals surface area contributed by atoms with E-state index in [1.54, 1.807) is 47.7 Å². The van der Waals surface area contributed by atoms with Crippen molar-refractivity contribution >= 4 is 40.7 Å². The van der Waals surface area contributed by atoms with Crippen molar-refractivity contribution in [1.29, 1.82) is 0 Å². The van der Waals surface area contributed by atoms with E-state index in [2.05, 4.69) is 26.3 Å². The number of benzene rings is 1. The van der Waals surface area contributed by atoms with Crippen molar-refractivity contribution in [2.24, 2.45) is 17.8 Å². The van der Waals surface area contributed by atoms with Gasteiger partial charge in [0, 0.05) is 17.1 Å². The molecule has 0 aliphatic heterocycles. The Morgan fingerprint density at radius 2 is 1.40 bits per heavy atom. The maximum absolute atomic E-state index is 14.0. The largest absolute Gasteiger partial charge is 0.480 e. The molecule has 0 unspecified atom stereocenters. The highest BCUT2D eigenvalue weighted by molar-refractivity contribution is 5.92. The fourth-order valence-electron chi connectivity index (χ4n) is 5.25. The number of para-hydroxylation sites is 1. The first-order valence-electron chi connectivity index (χ1n) is 16.7. The Balaban J connectivity index is 2.37. The summed E-state index contributed by atoms with van der Waals surface area (Å²) in [5, 5.41) is 32.5. The maximum atomic E-state index is 14.0.